The Hall–Kier alpha value is -6.61. The molecule has 3 atom stereocenters. The zero-order valence-corrected chi connectivity index (χ0v) is 36.1. The average molecular weight is 898 g/mol. The van der Waals surface area contributed by atoms with Gasteiger partial charge in [0.15, 0.2) is 5.60 Å². The lowest BCUT2D eigenvalue weighted by Gasteiger charge is -2.31. The molecule has 9 N–H and O–H groups in total. The number of benzene rings is 2. The molecule has 0 bridgehead atoms. The van der Waals surface area contributed by atoms with E-state index in [2.05, 4.69) is 26.6 Å². The number of fused-ring (bicyclic) bond motifs is 5. The van der Waals surface area contributed by atoms with Crippen molar-refractivity contribution >= 4 is 46.4 Å². The first-order valence-corrected chi connectivity index (χ1v) is 21.5. The number of rotatable bonds is 18. The van der Waals surface area contributed by atoms with Gasteiger partial charge in [0, 0.05) is 48.6 Å². The fourth-order valence-electron chi connectivity index (χ4n) is 8.82. The van der Waals surface area contributed by atoms with Crippen LogP contribution in [-0.4, -0.2) is 119 Å². The molecule has 20 heteroatoms. The van der Waals surface area contributed by atoms with Crippen molar-refractivity contribution < 1.29 is 48.1 Å². The Kier molecular flexibility index (Phi) is 14.0. The van der Waals surface area contributed by atoms with Gasteiger partial charge in [-0.1, -0.05) is 37.3 Å². The first-order valence-electron chi connectivity index (χ1n) is 21.5. The largest absolute Gasteiger partial charge is 0.458 e. The van der Waals surface area contributed by atoms with Crippen molar-refractivity contribution in [1.29, 1.82) is 0 Å². The number of esters is 1. The molecule has 0 radical (unpaired) electrons. The molecule has 4 aromatic rings. The number of aliphatic hydroxyl groups is 2. The van der Waals surface area contributed by atoms with Crippen molar-refractivity contribution in [2.45, 2.75) is 70.4 Å². The third kappa shape index (κ3) is 9.61. The Morgan fingerprint density at radius 3 is 2.48 bits per heavy atom. The summed E-state index contributed by atoms with van der Waals surface area (Å²) >= 11 is 0. The van der Waals surface area contributed by atoms with Crippen LogP contribution in [0, 0.1) is 12.7 Å². The molecule has 0 saturated carbocycles. The van der Waals surface area contributed by atoms with Gasteiger partial charge in [0.2, 0.25) is 29.5 Å². The summed E-state index contributed by atoms with van der Waals surface area (Å²) in [6.07, 6.45) is 0.903. The summed E-state index contributed by atoms with van der Waals surface area (Å²) in [5.74, 6) is -4.05. The van der Waals surface area contributed by atoms with Crippen LogP contribution in [0.2, 0.25) is 0 Å². The molecule has 2 aromatic heterocycles. The van der Waals surface area contributed by atoms with Gasteiger partial charge in [0.05, 0.1) is 67.8 Å². The normalized spacial score (nSPS) is 17.3. The maximum Gasteiger partial charge on any atom is 0.343 e. The van der Waals surface area contributed by atoms with E-state index < -0.39 is 77.7 Å². The predicted molar refractivity (Wildman–Crippen MR) is 232 cm³/mol. The van der Waals surface area contributed by atoms with Crippen molar-refractivity contribution in [2.75, 3.05) is 52.4 Å². The number of halogens is 1. The number of nitrogens with one attached hydrogen (secondary N) is 5. The van der Waals surface area contributed by atoms with E-state index in [1.165, 1.54) is 10.6 Å². The number of nitrogens with two attached hydrogens (primary N) is 1. The minimum atomic E-state index is -2.04. The van der Waals surface area contributed by atoms with Gasteiger partial charge in [-0.15, -0.1) is 0 Å². The van der Waals surface area contributed by atoms with E-state index in [4.69, 9.17) is 15.5 Å². The number of pyridine rings is 2. The number of ether oxygens (including phenoxy) is 1. The molecule has 0 saturated heterocycles. The fraction of sp³-hybridized carbons (Fsp3) is 0.422. The monoisotopic (exact) mass is 897 g/mol. The van der Waals surface area contributed by atoms with Crippen LogP contribution < -0.4 is 37.9 Å². The number of aliphatic hydroxyl groups excluding tert-OH is 1. The van der Waals surface area contributed by atoms with E-state index in [1.54, 1.807) is 55.1 Å². The molecule has 1 aliphatic carbocycles. The summed E-state index contributed by atoms with van der Waals surface area (Å²) in [4.78, 5) is 97.1. The summed E-state index contributed by atoms with van der Waals surface area (Å²) < 4.78 is 22.1. The molecular weight excluding hydrogens is 846 g/mol. The molecular formula is C45H52FN9O10. The highest BCUT2D eigenvalue weighted by atomic mass is 19.1. The molecule has 2 aliphatic heterocycles. The Balaban J connectivity index is 1.02. The van der Waals surface area contributed by atoms with Crippen LogP contribution >= 0.6 is 0 Å². The molecule has 7 rings (SSSR count). The minimum Gasteiger partial charge on any atom is -0.458 e. The maximum atomic E-state index is 15.4. The molecule has 0 spiro atoms. The second kappa shape index (κ2) is 19.6. The van der Waals surface area contributed by atoms with Crippen molar-refractivity contribution in [2.24, 2.45) is 5.73 Å². The summed E-state index contributed by atoms with van der Waals surface area (Å²) in [7, 11) is 0. The molecule has 4 heterocycles. The van der Waals surface area contributed by atoms with Gasteiger partial charge in [-0.2, -0.15) is 0 Å². The van der Waals surface area contributed by atoms with Crippen molar-refractivity contribution in [3.8, 4) is 11.4 Å². The molecule has 2 aromatic carbocycles. The quantitative estimate of drug-likeness (QED) is 0.0489. The first kappa shape index (κ1) is 46.4. The van der Waals surface area contributed by atoms with Crippen LogP contribution in [0.3, 0.4) is 0 Å². The van der Waals surface area contributed by atoms with Gasteiger partial charge in [0.25, 0.3) is 5.56 Å². The summed E-state index contributed by atoms with van der Waals surface area (Å²) in [5.41, 5.74) is 7.42. The predicted octanol–water partition coefficient (Wildman–Crippen LogP) is -1.04. The highest BCUT2D eigenvalue weighted by molar-refractivity contribution is 5.95. The SMILES string of the molecule is CC[C@@]1(O)C(=O)OCc2c1cc1n(c2=O)Cc2c-1nc1cc(F)c(C)c3c1c2[C@@H](NC(=O)CN(CCO)CCNC(=O)CNC(=O)[C@H](Cc1ccccc1)NC(=O)CNC(=O)CN)CC3. The zero-order chi connectivity index (χ0) is 46.6. The lowest BCUT2D eigenvalue weighted by Crippen LogP contribution is -2.52. The molecule has 344 valence electrons. The maximum absolute atomic E-state index is 15.4. The van der Waals surface area contributed by atoms with Gasteiger partial charge in [-0.25, -0.2) is 14.2 Å². The van der Waals surface area contributed by atoms with E-state index in [1.807, 2.05) is 0 Å². The molecule has 5 amide bonds. The van der Waals surface area contributed by atoms with Crippen molar-refractivity contribution in [1.82, 2.24) is 41.0 Å². The lowest BCUT2D eigenvalue weighted by molar-refractivity contribution is -0.172. The summed E-state index contributed by atoms with van der Waals surface area (Å²) in [5, 5.41) is 35.2. The first-order chi connectivity index (χ1) is 31.2. The Bertz CT molecular complexity index is 2620. The summed E-state index contributed by atoms with van der Waals surface area (Å²) in [6.45, 7) is 1.77. The second-order valence-corrected chi connectivity index (χ2v) is 16.3. The highest BCUT2D eigenvalue weighted by Gasteiger charge is 2.46. The number of aromatic nitrogens is 2. The number of hydrogen-bond acceptors (Lipinski definition) is 13. The van der Waals surface area contributed by atoms with Crippen LogP contribution in [0.5, 0.6) is 0 Å². The van der Waals surface area contributed by atoms with Crippen LogP contribution in [0.25, 0.3) is 22.3 Å². The molecule has 19 nitrogen and oxygen atoms in total. The Morgan fingerprint density at radius 2 is 1.75 bits per heavy atom. The van der Waals surface area contributed by atoms with Gasteiger partial charge < -0.3 is 51.8 Å². The molecule has 3 aliphatic rings. The van der Waals surface area contributed by atoms with E-state index in [-0.39, 0.29) is 76.5 Å². The van der Waals surface area contributed by atoms with Crippen LogP contribution in [0.15, 0.2) is 47.3 Å². The molecule has 65 heavy (non-hydrogen) atoms. The van der Waals surface area contributed by atoms with E-state index in [0.29, 0.717) is 51.8 Å². The standard InChI is InChI=1S/C45H52FN9O10/c1-3-45(64)29-16-34-41-27(21-55(34)43(62)28(29)23-65-44(45)63)40-31(10-9-26-24(2)30(46)17-32(53-41)39(26)40)51-38(60)22-54(13-14-56)12-11-48-36(58)19-50-42(61)33(15-25-7-5-4-6-8-25)52-37(59)20-49-35(57)18-47/h4-8,16-17,31,33,56,64H,3,9-15,18-23,47H2,1-2H3,(H,48,58)(H,49,57)(H,50,61)(H,51,60)(H,52,59)/t31-,33-,45-/m0/s1. The third-order valence-electron chi connectivity index (χ3n) is 12.2. The molecule has 0 unspecified atom stereocenters. The number of nitrogens with zero attached hydrogens (tertiary/aromatic N) is 3. The Labute approximate surface area is 372 Å². The minimum absolute atomic E-state index is 0.0376. The lowest BCUT2D eigenvalue weighted by atomic mass is 9.81. The molecule has 0 fully saturated rings. The number of carbonyl (C=O) groups excluding carboxylic acids is 6. The van der Waals surface area contributed by atoms with Crippen molar-refractivity contribution in [3.63, 3.8) is 0 Å². The fourth-order valence-corrected chi connectivity index (χ4v) is 8.82. The van der Waals surface area contributed by atoms with Crippen LogP contribution in [0.4, 0.5) is 4.39 Å². The van der Waals surface area contributed by atoms with Crippen molar-refractivity contribution in [3.05, 3.63) is 97.6 Å². The van der Waals surface area contributed by atoms with Crippen LogP contribution in [0.1, 0.15) is 64.8 Å². The highest BCUT2D eigenvalue weighted by Crippen LogP contribution is 2.46. The summed E-state index contributed by atoms with van der Waals surface area (Å²) in [6, 6.07) is 10.2. The number of hydrogen-bond donors (Lipinski definition) is 8. The van der Waals surface area contributed by atoms with Crippen LogP contribution in [-0.2, 0) is 65.1 Å². The van der Waals surface area contributed by atoms with E-state index >= 15 is 4.39 Å². The van der Waals surface area contributed by atoms with Gasteiger partial charge >= 0.3 is 5.97 Å². The third-order valence-corrected chi connectivity index (χ3v) is 12.2. The smallest absolute Gasteiger partial charge is 0.343 e. The number of cyclic esters (lactones) is 1. The Morgan fingerprint density at radius 1 is 1.00 bits per heavy atom. The van der Waals surface area contributed by atoms with Gasteiger partial charge in [-0.3, -0.25) is 33.7 Å². The number of carbonyl (C=O) groups is 6. The average Bonchev–Trinajstić information content (AvgIpc) is 3.66. The second-order valence-electron chi connectivity index (χ2n) is 16.3. The number of amides is 5. The van der Waals surface area contributed by atoms with Gasteiger partial charge in [-0.05, 0) is 54.5 Å². The van der Waals surface area contributed by atoms with E-state index in [0.717, 1.165) is 11.1 Å². The van der Waals surface area contributed by atoms with Gasteiger partial charge in [0.1, 0.15) is 18.5 Å². The number of aryl methyl sites for hydroxylation is 1. The topological polar surface area (TPSA) is 276 Å². The van der Waals surface area contributed by atoms with E-state index in [9.17, 15) is 43.8 Å². The zero-order valence-electron chi connectivity index (χ0n) is 36.1.